The van der Waals surface area contributed by atoms with Gasteiger partial charge in [-0.25, -0.2) is 4.68 Å². The van der Waals surface area contributed by atoms with Crippen molar-refractivity contribution in [1.82, 2.24) is 9.78 Å². The summed E-state index contributed by atoms with van der Waals surface area (Å²) in [6.45, 7) is 4.08. The summed E-state index contributed by atoms with van der Waals surface area (Å²) in [5.74, 6) is 1.20. The number of benzene rings is 2. The minimum atomic E-state index is 0.00641. The molecule has 0 spiro atoms. The van der Waals surface area contributed by atoms with Crippen LogP contribution in [0.15, 0.2) is 48.5 Å². The second-order valence-electron chi connectivity index (χ2n) is 7.32. The summed E-state index contributed by atoms with van der Waals surface area (Å²) >= 11 is 1.65. The van der Waals surface area contributed by atoms with Crippen LogP contribution in [0.4, 0.5) is 11.5 Å². The number of carbonyl (C=O) groups is 1. The van der Waals surface area contributed by atoms with Gasteiger partial charge >= 0.3 is 0 Å². The van der Waals surface area contributed by atoms with Crippen molar-refractivity contribution in [2.24, 2.45) is 0 Å². The molecule has 28 heavy (non-hydrogen) atoms. The average molecular weight is 393 g/mol. The van der Waals surface area contributed by atoms with Gasteiger partial charge in [0.25, 0.3) is 0 Å². The van der Waals surface area contributed by atoms with E-state index in [1.165, 1.54) is 11.1 Å². The summed E-state index contributed by atoms with van der Waals surface area (Å²) in [6.07, 6.45) is 0. The molecule has 1 aliphatic rings. The predicted octanol–water partition coefficient (Wildman–Crippen LogP) is 4.33. The van der Waals surface area contributed by atoms with E-state index in [2.05, 4.69) is 53.5 Å². The first-order valence-electron chi connectivity index (χ1n) is 9.29. The predicted molar refractivity (Wildman–Crippen MR) is 117 cm³/mol. The normalized spacial score (nSPS) is 16.3. The third kappa shape index (κ3) is 3.40. The lowest BCUT2D eigenvalue weighted by Crippen LogP contribution is -2.15. The molecule has 1 aliphatic heterocycles. The van der Waals surface area contributed by atoms with E-state index >= 15 is 0 Å². The standard InChI is InChI=1S/C22H24N4OS/c1-14-5-9-18(10-6-14)26-22-20(15(2)24-26)21(28-13-19(27)23-22)16-7-11-17(12-8-16)25(3)4/h5-12,21H,13H2,1-4H3,(H,23,27)/t21-/m1/s1. The van der Waals surface area contributed by atoms with E-state index in [0.717, 1.165) is 28.5 Å². The van der Waals surface area contributed by atoms with Crippen LogP contribution in [0.1, 0.15) is 27.6 Å². The van der Waals surface area contributed by atoms with E-state index in [9.17, 15) is 4.79 Å². The third-order valence-electron chi connectivity index (χ3n) is 5.00. The van der Waals surface area contributed by atoms with Gasteiger partial charge in [-0.3, -0.25) is 4.79 Å². The molecule has 1 aromatic heterocycles. The highest BCUT2D eigenvalue weighted by Gasteiger charge is 2.30. The van der Waals surface area contributed by atoms with Crippen LogP contribution in [0.5, 0.6) is 0 Å². The lowest BCUT2D eigenvalue weighted by atomic mass is 10.0. The fourth-order valence-electron chi connectivity index (χ4n) is 3.47. The molecular formula is C22H24N4OS. The summed E-state index contributed by atoms with van der Waals surface area (Å²) in [5, 5.41) is 7.92. The summed E-state index contributed by atoms with van der Waals surface area (Å²) in [7, 11) is 4.07. The lowest BCUT2D eigenvalue weighted by Gasteiger charge is -2.18. The molecule has 1 N–H and O–H groups in total. The smallest absolute Gasteiger partial charge is 0.235 e. The van der Waals surface area contributed by atoms with Crippen LogP contribution < -0.4 is 10.2 Å². The number of anilines is 2. The van der Waals surface area contributed by atoms with Gasteiger partial charge in [-0.2, -0.15) is 5.10 Å². The summed E-state index contributed by atoms with van der Waals surface area (Å²) < 4.78 is 1.86. The monoisotopic (exact) mass is 392 g/mol. The van der Waals surface area contributed by atoms with E-state index in [4.69, 9.17) is 5.10 Å². The minimum Gasteiger partial charge on any atom is -0.378 e. The molecule has 1 amide bonds. The highest BCUT2D eigenvalue weighted by Crippen LogP contribution is 2.44. The largest absolute Gasteiger partial charge is 0.378 e. The molecule has 2 heterocycles. The van der Waals surface area contributed by atoms with Crippen LogP contribution in [-0.2, 0) is 4.79 Å². The second-order valence-corrected chi connectivity index (χ2v) is 8.41. The Morgan fingerprint density at radius 3 is 2.39 bits per heavy atom. The van der Waals surface area contributed by atoms with Crippen molar-refractivity contribution < 1.29 is 4.79 Å². The van der Waals surface area contributed by atoms with Gasteiger partial charge in [-0.05, 0) is 43.7 Å². The Balaban J connectivity index is 1.82. The average Bonchev–Trinajstić information content (AvgIpc) is 2.88. The Kier molecular flexibility index (Phi) is 4.89. The summed E-state index contributed by atoms with van der Waals surface area (Å²) in [4.78, 5) is 14.5. The lowest BCUT2D eigenvalue weighted by molar-refractivity contribution is -0.113. The van der Waals surface area contributed by atoms with Crippen molar-refractivity contribution in [3.8, 4) is 5.69 Å². The first-order chi connectivity index (χ1) is 13.4. The maximum atomic E-state index is 12.4. The zero-order chi connectivity index (χ0) is 19.8. The molecule has 4 rings (SSSR count). The Labute approximate surface area is 169 Å². The Morgan fingerprint density at radius 1 is 1.07 bits per heavy atom. The molecule has 2 aromatic carbocycles. The number of thioether (sulfide) groups is 1. The molecule has 144 valence electrons. The molecule has 0 fully saturated rings. The van der Waals surface area contributed by atoms with Gasteiger partial charge in [0, 0.05) is 25.3 Å². The maximum absolute atomic E-state index is 12.4. The number of rotatable bonds is 3. The first kappa shape index (κ1) is 18.6. The van der Waals surface area contributed by atoms with Gasteiger partial charge in [0.2, 0.25) is 5.91 Å². The fraction of sp³-hybridized carbons (Fsp3) is 0.273. The Hall–Kier alpha value is -2.73. The molecule has 0 saturated carbocycles. The van der Waals surface area contributed by atoms with E-state index in [1.54, 1.807) is 11.8 Å². The van der Waals surface area contributed by atoms with Crippen molar-refractivity contribution in [2.75, 3.05) is 30.1 Å². The molecule has 3 aromatic rings. The van der Waals surface area contributed by atoms with Gasteiger partial charge in [-0.1, -0.05) is 29.8 Å². The van der Waals surface area contributed by atoms with Gasteiger partial charge in [-0.15, -0.1) is 11.8 Å². The Bertz CT molecular complexity index is 1010. The number of fused-ring (bicyclic) bond motifs is 1. The number of aryl methyl sites for hydroxylation is 2. The molecule has 0 radical (unpaired) electrons. The third-order valence-corrected chi connectivity index (χ3v) is 6.27. The van der Waals surface area contributed by atoms with E-state index in [0.29, 0.717) is 5.75 Å². The van der Waals surface area contributed by atoms with Crippen LogP contribution in [0.2, 0.25) is 0 Å². The van der Waals surface area contributed by atoms with Crippen molar-refractivity contribution in [3.63, 3.8) is 0 Å². The van der Waals surface area contributed by atoms with Gasteiger partial charge in [0.1, 0.15) is 5.82 Å². The molecule has 0 unspecified atom stereocenters. The molecule has 0 aliphatic carbocycles. The van der Waals surface area contributed by atoms with Crippen LogP contribution in [0.3, 0.4) is 0 Å². The fourth-order valence-corrected chi connectivity index (χ4v) is 4.66. The SMILES string of the molecule is Cc1ccc(-n2nc(C)c3c2NC(=O)CS[C@@H]3c2ccc(N(C)C)cc2)cc1. The number of nitrogens with one attached hydrogen (secondary N) is 1. The van der Waals surface area contributed by atoms with Crippen LogP contribution >= 0.6 is 11.8 Å². The zero-order valence-electron chi connectivity index (χ0n) is 16.6. The number of carbonyl (C=O) groups excluding carboxylic acids is 1. The number of nitrogens with zero attached hydrogens (tertiary/aromatic N) is 3. The highest BCUT2D eigenvalue weighted by molar-refractivity contribution is 8.00. The molecular weight excluding hydrogens is 368 g/mol. The number of hydrogen-bond acceptors (Lipinski definition) is 4. The minimum absolute atomic E-state index is 0.00641. The van der Waals surface area contributed by atoms with Crippen LogP contribution in [0, 0.1) is 13.8 Å². The van der Waals surface area contributed by atoms with Crippen molar-refractivity contribution in [3.05, 3.63) is 70.9 Å². The van der Waals surface area contributed by atoms with E-state index in [1.807, 2.05) is 37.8 Å². The number of hydrogen-bond donors (Lipinski definition) is 1. The number of aromatic nitrogens is 2. The zero-order valence-corrected chi connectivity index (χ0v) is 17.4. The van der Waals surface area contributed by atoms with Gasteiger partial charge < -0.3 is 10.2 Å². The Morgan fingerprint density at radius 2 is 1.75 bits per heavy atom. The summed E-state index contributed by atoms with van der Waals surface area (Å²) in [5.41, 5.74) is 6.49. The molecule has 0 bridgehead atoms. The van der Waals surface area contributed by atoms with Crippen LogP contribution in [-0.4, -0.2) is 35.5 Å². The van der Waals surface area contributed by atoms with Crippen molar-refractivity contribution >= 4 is 29.2 Å². The molecule has 5 nitrogen and oxygen atoms in total. The summed E-state index contributed by atoms with van der Waals surface area (Å²) in [6, 6.07) is 16.7. The molecule has 6 heteroatoms. The number of amides is 1. The highest BCUT2D eigenvalue weighted by atomic mass is 32.2. The molecule has 1 atom stereocenters. The van der Waals surface area contributed by atoms with Crippen LogP contribution in [0.25, 0.3) is 5.69 Å². The maximum Gasteiger partial charge on any atom is 0.235 e. The van der Waals surface area contributed by atoms with E-state index < -0.39 is 0 Å². The second kappa shape index (κ2) is 7.36. The van der Waals surface area contributed by atoms with Crippen molar-refractivity contribution in [2.45, 2.75) is 19.1 Å². The van der Waals surface area contributed by atoms with Crippen molar-refractivity contribution in [1.29, 1.82) is 0 Å². The quantitative estimate of drug-likeness (QED) is 0.721. The molecule has 0 saturated heterocycles. The van der Waals surface area contributed by atoms with Gasteiger partial charge in [0.15, 0.2) is 0 Å². The van der Waals surface area contributed by atoms with Gasteiger partial charge in [0.05, 0.1) is 22.4 Å². The van der Waals surface area contributed by atoms with E-state index in [-0.39, 0.29) is 11.2 Å². The topological polar surface area (TPSA) is 50.2 Å². The first-order valence-corrected chi connectivity index (χ1v) is 10.3.